The molecule has 84 valence electrons. The first-order valence-electron chi connectivity index (χ1n) is 5.08. The van der Waals surface area contributed by atoms with Crippen LogP contribution < -0.4 is 10.2 Å². The minimum absolute atomic E-state index is 0.122. The van der Waals surface area contributed by atoms with Crippen molar-refractivity contribution in [2.75, 3.05) is 37.0 Å². The van der Waals surface area contributed by atoms with Crippen molar-refractivity contribution in [3.8, 4) is 0 Å². The zero-order chi connectivity index (χ0) is 11.3. The van der Waals surface area contributed by atoms with E-state index >= 15 is 0 Å². The highest BCUT2D eigenvalue weighted by atomic mass is 16.3. The molecular formula is C10H18N4O. The summed E-state index contributed by atoms with van der Waals surface area (Å²) in [5.74, 6) is 1.48. The number of aliphatic hydroxyl groups excluding tert-OH is 1. The van der Waals surface area contributed by atoms with E-state index in [4.69, 9.17) is 5.11 Å². The average molecular weight is 210 g/mol. The molecular weight excluding hydrogens is 192 g/mol. The Morgan fingerprint density at radius 1 is 1.53 bits per heavy atom. The van der Waals surface area contributed by atoms with Gasteiger partial charge in [-0.25, -0.2) is 4.98 Å². The molecule has 1 aromatic rings. The maximum absolute atomic E-state index is 8.86. The number of rotatable bonds is 5. The number of hydrogen-bond acceptors (Lipinski definition) is 5. The lowest BCUT2D eigenvalue weighted by molar-refractivity contribution is 0.304. The summed E-state index contributed by atoms with van der Waals surface area (Å²) in [7, 11) is 1.90. The molecule has 5 heteroatoms. The van der Waals surface area contributed by atoms with Gasteiger partial charge in [-0.2, -0.15) is 4.98 Å². The lowest BCUT2D eigenvalue weighted by Gasteiger charge is -2.19. The van der Waals surface area contributed by atoms with Crippen molar-refractivity contribution in [3.63, 3.8) is 0 Å². The third-order valence-corrected chi connectivity index (χ3v) is 2.08. The molecule has 0 fully saturated rings. The van der Waals surface area contributed by atoms with Gasteiger partial charge in [-0.05, 0) is 13.8 Å². The minimum Gasteiger partial charge on any atom is -0.395 e. The van der Waals surface area contributed by atoms with Crippen LogP contribution in [0.3, 0.4) is 0 Å². The fourth-order valence-electron chi connectivity index (χ4n) is 1.32. The van der Waals surface area contributed by atoms with Gasteiger partial charge in [0, 0.05) is 31.9 Å². The maximum Gasteiger partial charge on any atom is 0.224 e. The second-order valence-corrected chi connectivity index (χ2v) is 3.38. The zero-order valence-corrected chi connectivity index (χ0v) is 9.49. The van der Waals surface area contributed by atoms with Crippen molar-refractivity contribution in [1.29, 1.82) is 0 Å². The Kier molecular flexibility index (Phi) is 4.30. The van der Waals surface area contributed by atoms with E-state index in [1.807, 2.05) is 25.8 Å². The monoisotopic (exact) mass is 210 g/mol. The zero-order valence-electron chi connectivity index (χ0n) is 9.49. The van der Waals surface area contributed by atoms with Gasteiger partial charge in [0.25, 0.3) is 0 Å². The molecule has 1 aromatic heterocycles. The van der Waals surface area contributed by atoms with E-state index < -0.39 is 0 Å². The van der Waals surface area contributed by atoms with E-state index in [0.717, 1.165) is 17.9 Å². The fraction of sp³-hybridized carbons (Fsp3) is 0.600. The first-order valence-corrected chi connectivity index (χ1v) is 5.08. The highest BCUT2D eigenvalue weighted by Crippen LogP contribution is 2.15. The highest BCUT2D eigenvalue weighted by Gasteiger charge is 2.07. The van der Waals surface area contributed by atoms with Gasteiger partial charge in [0.15, 0.2) is 0 Å². The number of aromatic nitrogens is 2. The normalized spacial score (nSPS) is 10.1. The molecule has 0 saturated heterocycles. The first-order chi connectivity index (χ1) is 7.19. The van der Waals surface area contributed by atoms with E-state index in [1.54, 1.807) is 6.20 Å². The van der Waals surface area contributed by atoms with Crippen LogP contribution in [-0.2, 0) is 0 Å². The molecule has 0 radical (unpaired) electrons. The molecule has 0 bridgehead atoms. The highest BCUT2D eigenvalue weighted by molar-refractivity contribution is 5.48. The van der Waals surface area contributed by atoms with Crippen LogP contribution in [0.4, 0.5) is 11.8 Å². The van der Waals surface area contributed by atoms with Crippen LogP contribution in [-0.4, -0.2) is 41.8 Å². The number of likely N-dealkylation sites (N-methyl/N-ethyl adjacent to an activating group) is 1. The summed E-state index contributed by atoms with van der Waals surface area (Å²) in [6, 6.07) is 0. The van der Waals surface area contributed by atoms with Crippen LogP contribution in [0.25, 0.3) is 0 Å². The summed E-state index contributed by atoms with van der Waals surface area (Å²) in [6.07, 6.45) is 1.79. The molecule has 0 atom stereocenters. The van der Waals surface area contributed by atoms with E-state index in [-0.39, 0.29) is 6.61 Å². The van der Waals surface area contributed by atoms with Gasteiger partial charge in [-0.1, -0.05) is 0 Å². The quantitative estimate of drug-likeness (QED) is 0.747. The Bertz CT molecular complexity index is 316. The van der Waals surface area contributed by atoms with E-state index in [9.17, 15) is 0 Å². The summed E-state index contributed by atoms with van der Waals surface area (Å²) in [6.45, 7) is 5.45. The Hall–Kier alpha value is -1.36. The molecule has 15 heavy (non-hydrogen) atoms. The minimum atomic E-state index is 0.122. The van der Waals surface area contributed by atoms with Crippen molar-refractivity contribution < 1.29 is 5.11 Å². The number of anilines is 2. The largest absolute Gasteiger partial charge is 0.395 e. The summed E-state index contributed by atoms with van der Waals surface area (Å²) in [5.41, 5.74) is 1.01. The van der Waals surface area contributed by atoms with Gasteiger partial charge in [-0.3, -0.25) is 0 Å². The number of aliphatic hydroxyl groups is 1. The smallest absolute Gasteiger partial charge is 0.224 e. The molecule has 1 rings (SSSR count). The molecule has 2 N–H and O–H groups in total. The Balaban J connectivity index is 2.89. The Morgan fingerprint density at radius 3 is 2.87 bits per heavy atom. The van der Waals surface area contributed by atoms with Gasteiger partial charge in [-0.15, -0.1) is 0 Å². The van der Waals surface area contributed by atoms with Crippen LogP contribution in [0, 0.1) is 6.92 Å². The van der Waals surface area contributed by atoms with Gasteiger partial charge < -0.3 is 15.3 Å². The molecule has 0 aromatic carbocycles. The predicted octanol–water partition coefficient (Wildman–Crippen LogP) is 0.645. The van der Waals surface area contributed by atoms with Crippen molar-refractivity contribution in [3.05, 3.63) is 11.8 Å². The number of nitrogens with zero attached hydrogens (tertiary/aromatic N) is 3. The number of hydrogen-bond donors (Lipinski definition) is 2. The summed E-state index contributed by atoms with van der Waals surface area (Å²) >= 11 is 0. The lowest BCUT2D eigenvalue weighted by atomic mass is 10.3. The molecule has 0 aliphatic heterocycles. The number of aryl methyl sites for hydroxylation is 1. The van der Waals surface area contributed by atoms with Gasteiger partial charge in [0.05, 0.1) is 6.61 Å². The standard InChI is InChI=1S/C10H18N4O/c1-4-11-10-12-7-8(2)9(13-10)14(3)5-6-15/h7,15H,4-6H2,1-3H3,(H,11,12,13). The van der Waals surface area contributed by atoms with Crippen LogP contribution in [0.5, 0.6) is 0 Å². The van der Waals surface area contributed by atoms with Crippen LogP contribution >= 0.6 is 0 Å². The molecule has 0 saturated carbocycles. The fourth-order valence-corrected chi connectivity index (χ4v) is 1.32. The second-order valence-electron chi connectivity index (χ2n) is 3.38. The van der Waals surface area contributed by atoms with Gasteiger partial charge >= 0.3 is 0 Å². The Labute approximate surface area is 90.2 Å². The molecule has 0 amide bonds. The van der Waals surface area contributed by atoms with Crippen LogP contribution in [0.2, 0.25) is 0 Å². The number of nitrogens with one attached hydrogen (secondary N) is 1. The van der Waals surface area contributed by atoms with Crippen LogP contribution in [0.15, 0.2) is 6.20 Å². The average Bonchev–Trinajstić information content (AvgIpc) is 2.21. The molecule has 0 aliphatic rings. The van der Waals surface area contributed by atoms with Crippen LogP contribution in [0.1, 0.15) is 12.5 Å². The summed E-state index contributed by atoms with van der Waals surface area (Å²) in [5, 5.41) is 11.9. The third-order valence-electron chi connectivity index (χ3n) is 2.08. The molecule has 0 unspecified atom stereocenters. The first kappa shape index (κ1) is 11.7. The predicted molar refractivity (Wildman–Crippen MR) is 61.3 cm³/mol. The summed E-state index contributed by atoms with van der Waals surface area (Å²) in [4.78, 5) is 10.4. The van der Waals surface area contributed by atoms with Crippen molar-refractivity contribution in [1.82, 2.24) is 9.97 Å². The van der Waals surface area contributed by atoms with Gasteiger partial charge in [0.1, 0.15) is 5.82 Å². The summed E-state index contributed by atoms with van der Waals surface area (Å²) < 4.78 is 0. The lowest BCUT2D eigenvalue weighted by Crippen LogP contribution is -2.23. The molecule has 1 heterocycles. The third kappa shape index (κ3) is 3.06. The second kappa shape index (κ2) is 5.50. The topological polar surface area (TPSA) is 61.3 Å². The van der Waals surface area contributed by atoms with Crippen molar-refractivity contribution >= 4 is 11.8 Å². The van der Waals surface area contributed by atoms with E-state index in [0.29, 0.717) is 12.5 Å². The van der Waals surface area contributed by atoms with E-state index in [1.165, 1.54) is 0 Å². The van der Waals surface area contributed by atoms with Crippen molar-refractivity contribution in [2.24, 2.45) is 0 Å². The van der Waals surface area contributed by atoms with Gasteiger partial charge in [0.2, 0.25) is 5.95 Å². The SMILES string of the molecule is CCNc1ncc(C)c(N(C)CCO)n1. The van der Waals surface area contributed by atoms with Crippen molar-refractivity contribution in [2.45, 2.75) is 13.8 Å². The Morgan fingerprint density at radius 2 is 2.27 bits per heavy atom. The van der Waals surface area contributed by atoms with E-state index in [2.05, 4.69) is 15.3 Å². The molecule has 0 spiro atoms. The maximum atomic E-state index is 8.86. The molecule has 5 nitrogen and oxygen atoms in total. The molecule has 0 aliphatic carbocycles.